The molecule has 1 atom stereocenters. The van der Waals surface area contributed by atoms with Crippen LogP contribution in [0.15, 0.2) is 75.4 Å². The van der Waals surface area contributed by atoms with Gasteiger partial charge in [-0.25, -0.2) is 22.3 Å². The number of esters is 2. The van der Waals surface area contributed by atoms with Crippen molar-refractivity contribution in [2.75, 3.05) is 21.3 Å². The smallest absolute Gasteiger partial charge is 0.342 e. The molecule has 196 valence electrons. The van der Waals surface area contributed by atoms with E-state index in [4.69, 9.17) is 19.2 Å². The summed E-state index contributed by atoms with van der Waals surface area (Å²) in [4.78, 5) is 43.7. The zero-order chi connectivity index (χ0) is 26.8. The van der Waals surface area contributed by atoms with Crippen molar-refractivity contribution in [2.45, 2.75) is 48.6 Å². The minimum atomic E-state index is -4.46. The zero-order valence-corrected chi connectivity index (χ0v) is 21.6. The van der Waals surface area contributed by atoms with E-state index in [1.807, 2.05) is 0 Å². The first-order valence-electron chi connectivity index (χ1n) is 11.8. The van der Waals surface area contributed by atoms with Gasteiger partial charge in [-0.3, -0.25) is 9.79 Å². The minimum absolute atomic E-state index is 0.0984. The van der Waals surface area contributed by atoms with Crippen molar-refractivity contribution in [2.24, 2.45) is 4.99 Å². The molecule has 0 amide bonds. The number of amidine groups is 1. The second-order valence-corrected chi connectivity index (χ2v) is 10.6. The predicted octanol–water partition coefficient (Wildman–Crippen LogP) is 2.47. The summed E-state index contributed by atoms with van der Waals surface area (Å²) >= 11 is 0. The van der Waals surface area contributed by atoms with Crippen LogP contribution >= 0.6 is 0 Å². The van der Waals surface area contributed by atoms with Crippen LogP contribution in [0.3, 0.4) is 0 Å². The molecule has 11 heteroatoms. The lowest BCUT2D eigenvalue weighted by molar-refractivity contribution is -0.139. The molecule has 0 bridgehead atoms. The molecule has 1 saturated carbocycles. The Balaban J connectivity index is 2.12. The van der Waals surface area contributed by atoms with E-state index in [2.05, 4.69) is 0 Å². The number of carbonyl (C=O) groups excluding carboxylic acids is 3. The fourth-order valence-electron chi connectivity index (χ4n) is 4.91. The number of aliphatic imine (C=N–C) groups is 1. The van der Waals surface area contributed by atoms with Gasteiger partial charge < -0.3 is 14.2 Å². The summed E-state index contributed by atoms with van der Waals surface area (Å²) in [5, 5.41) is 0. The molecule has 0 N–H and O–H groups in total. The maximum Gasteiger partial charge on any atom is 0.342 e. The molecule has 0 saturated heterocycles. The first-order chi connectivity index (χ1) is 17.7. The van der Waals surface area contributed by atoms with Gasteiger partial charge >= 0.3 is 11.9 Å². The van der Waals surface area contributed by atoms with Crippen LogP contribution < -0.4 is 0 Å². The van der Waals surface area contributed by atoms with Crippen molar-refractivity contribution < 1.29 is 37.0 Å². The molecule has 0 aromatic heterocycles. The highest BCUT2D eigenvalue weighted by Gasteiger charge is 2.59. The Morgan fingerprint density at radius 3 is 2.24 bits per heavy atom. The van der Waals surface area contributed by atoms with E-state index in [0.29, 0.717) is 12.8 Å². The molecule has 1 heterocycles. The Bertz CT molecular complexity index is 1340. The van der Waals surface area contributed by atoms with E-state index in [9.17, 15) is 22.8 Å². The van der Waals surface area contributed by atoms with Gasteiger partial charge in [-0.1, -0.05) is 37.5 Å². The van der Waals surface area contributed by atoms with Gasteiger partial charge in [0.1, 0.15) is 11.1 Å². The number of nitrogens with zero attached hydrogens (tertiary/aromatic N) is 2. The Hall–Kier alpha value is -3.73. The van der Waals surface area contributed by atoms with Crippen molar-refractivity contribution in [3.05, 3.63) is 65.5 Å². The van der Waals surface area contributed by atoms with Crippen molar-refractivity contribution in [1.29, 1.82) is 0 Å². The van der Waals surface area contributed by atoms with E-state index < -0.39 is 33.3 Å². The average molecular weight is 529 g/mol. The largest absolute Gasteiger partial charge is 0.493 e. The van der Waals surface area contributed by atoms with Gasteiger partial charge in [0.15, 0.2) is 11.6 Å². The van der Waals surface area contributed by atoms with Crippen molar-refractivity contribution >= 4 is 33.6 Å². The first-order valence-corrected chi connectivity index (χ1v) is 13.3. The van der Waals surface area contributed by atoms with E-state index in [1.165, 1.54) is 31.4 Å². The van der Waals surface area contributed by atoms with E-state index >= 15 is 0 Å². The van der Waals surface area contributed by atoms with Crippen LogP contribution in [0.4, 0.5) is 0 Å². The maximum atomic E-state index is 14.3. The number of methoxy groups -OCH3 is 3. The molecular weight excluding hydrogens is 500 g/mol. The Kier molecular flexibility index (Phi) is 7.35. The van der Waals surface area contributed by atoms with Crippen LogP contribution in [0.5, 0.6) is 0 Å². The van der Waals surface area contributed by atoms with Gasteiger partial charge in [0.25, 0.3) is 10.0 Å². The van der Waals surface area contributed by atoms with Gasteiger partial charge in [-0.15, -0.1) is 0 Å². The molecule has 2 aliphatic carbocycles. The van der Waals surface area contributed by atoms with Crippen molar-refractivity contribution in [1.82, 2.24) is 4.31 Å². The van der Waals surface area contributed by atoms with Crippen LogP contribution in [0.2, 0.25) is 0 Å². The van der Waals surface area contributed by atoms with Crippen molar-refractivity contribution in [3.63, 3.8) is 0 Å². The highest BCUT2D eigenvalue weighted by molar-refractivity contribution is 7.89. The predicted molar refractivity (Wildman–Crippen MR) is 133 cm³/mol. The molecule has 10 nitrogen and oxygen atoms in total. The molecule has 4 rings (SSSR count). The summed E-state index contributed by atoms with van der Waals surface area (Å²) in [6, 6.07) is 7.28. The number of carbonyl (C=O) groups is 3. The number of hydrogen-bond acceptors (Lipinski definition) is 9. The normalized spacial score (nSPS) is 23.4. The lowest BCUT2D eigenvalue weighted by atomic mass is 9.85. The number of ketones is 1. The Morgan fingerprint density at radius 2 is 1.65 bits per heavy atom. The molecule has 1 unspecified atom stereocenters. The first kappa shape index (κ1) is 26.3. The van der Waals surface area contributed by atoms with Crippen LogP contribution in [0.1, 0.15) is 32.1 Å². The maximum absolute atomic E-state index is 14.3. The lowest BCUT2D eigenvalue weighted by Gasteiger charge is -2.37. The average Bonchev–Trinajstić information content (AvgIpc) is 3.19. The summed E-state index contributed by atoms with van der Waals surface area (Å²) in [6.07, 6.45) is 7.73. The Labute approximate surface area is 215 Å². The number of rotatable bonds is 6. The van der Waals surface area contributed by atoms with E-state index in [1.54, 1.807) is 18.2 Å². The van der Waals surface area contributed by atoms with Gasteiger partial charge in [0.05, 0.1) is 37.8 Å². The molecule has 1 fully saturated rings. The summed E-state index contributed by atoms with van der Waals surface area (Å²) in [7, 11) is -0.972. The highest BCUT2D eigenvalue weighted by Crippen LogP contribution is 2.46. The minimum Gasteiger partial charge on any atom is -0.493 e. The third-order valence-electron chi connectivity index (χ3n) is 6.65. The van der Waals surface area contributed by atoms with Crippen LogP contribution in [0.25, 0.3) is 0 Å². The number of allylic oxidation sites excluding steroid dienone is 1. The Morgan fingerprint density at radius 1 is 1.00 bits per heavy atom. The van der Waals surface area contributed by atoms with Crippen LogP contribution in [-0.4, -0.2) is 69.2 Å². The van der Waals surface area contributed by atoms with Crippen LogP contribution in [-0.2, 0) is 38.6 Å². The molecule has 37 heavy (non-hydrogen) atoms. The zero-order valence-electron chi connectivity index (χ0n) is 20.8. The monoisotopic (exact) mass is 528 g/mol. The molecule has 1 aromatic rings. The summed E-state index contributed by atoms with van der Waals surface area (Å²) < 4.78 is 44.7. The molecule has 3 aliphatic rings. The summed E-state index contributed by atoms with van der Waals surface area (Å²) in [6.45, 7) is 0. The molecule has 0 radical (unpaired) electrons. The molecule has 1 spiro atoms. The standard InChI is InChI=1S/C26H28N2O8S/c1-34-20-16-26(15-14-19(20)29)22(25(31)36-3)21(24(30)35-2)23(27-17-10-6-4-7-11-17)28(26)37(32,33)18-12-8-5-9-13-18/h5,8-9,12-17H,4,6-7,10-11H2,1-3H3. The number of benzene rings is 1. The van der Waals surface area contributed by atoms with Gasteiger partial charge in [0.2, 0.25) is 5.78 Å². The second kappa shape index (κ2) is 10.3. The number of sulfonamides is 1. The van der Waals surface area contributed by atoms with Gasteiger partial charge in [-0.2, -0.15) is 0 Å². The SMILES string of the molecule is COC(=O)C1=C(C(=O)OC)C2(C=CC(=O)C(OC)=C2)N(S(=O)(=O)c2ccccc2)C1=NC1CCCCC1. The van der Waals surface area contributed by atoms with Gasteiger partial charge in [0, 0.05) is 0 Å². The fraction of sp³-hybridized carbons (Fsp3) is 0.385. The lowest BCUT2D eigenvalue weighted by Crippen LogP contribution is -2.52. The van der Waals surface area contributed by atoms with Crippen LogP contribution in [0, 0.1) is 0 Å². The van der Waals surface area contributed by atoms with E-state index in [-0.39, 0.29) is 33.7 Å². The second-order valence-electron chi connectivity index (χ2n) is 8.80. The molecule has 1 aliphatic heterocycles. The van der Waals surface area contributed by atoms with E-state index in [0.717, 1.165) is 43.9 Å². The quantitative estimate of drug-likeness (QED) is 0.515. The number of ether oxygens (including phenoxy) is 3. The topological polar surface area (TPSA) is 129 Å². The summed E-state index contributed by atoms with van der Waals surface area (Å²) in [5.74, 6) is -2.92. The highest BCUT2D eigenvalue weighted by atomic mass is 32.2. The molecule has 1 aromatic carbocycles. The third-order valence-corrected chi connectivity index (χ3v) is 8.47. The van der Waals surface area contributed by atoms with Gasteiger partial charge in [-0.05, 0) is 43.2 Å². The third kappa shape index (κ3) is 4.48. The number of hydrogen-bond donors (Lipinski definition) is 0. The summed E-state index contributed by atoms with van der Waals surface area (Å²) in [5.41, 5.74) is -2.66. The van der Waals surface area contributed by atoms with Crippen molar-refractivity contribution in [3.8, 4) is 0 Å². The molecular formula is C26H28N2O8S. The fourth-order valence-corrected chi connectivity index (χ4v) is 6.59.